The Kier molecular flexibility index (Phi) is 2.55. The summed E-state index contributed by atoms with van der Waals surface area (Å²) >= 11 is 1.29. The van der Waals surface area contributed by atoms with Gasteiger partial charge in [-0.2, -0.15) is 0 Å². The van der Waals surface area contributed by atoms with Crippen molar-refractivity contribution in [1.29, 1.82) is 0 Å². The van der Waals surface area contributed by atoms with E-state index in [1.54, 1.807) is 12.3 Å². The maximum absolute atomic E-state index is 11.0. The predicted octanol–water partition coefficient (Wildman–Crippen LogP) is 1.12. The van der Waals surface area contributed by atoms with E-state index in [4.69, 9.17) is 1.37 Å². The van der Waals surface area contributed by atoms with Crippen LogP contribution in [0.3, 0.4) is 0 Å². The second-order valence-electron chi connectivity index (χ2n) is 2.17. The van der Waals surface area contributed by atoms with E-state index in [0.29, 0.717) is 5.13 Å². The second kappa shape index (κ2) is 4.06. The van der Waals surface area contributed by atoms with Crippen LogP contribution in [0.15, 0.2) is 11.6 Å². The zero-order chi connectivity index (χ0) is 9.84. The van der Waals surface area contributed by atoms with Crippen LogP contribution in [0.2, 0.25) is 0 Å². The Labute approximate surface area is 76.0 Å². The Bertz CT molecular complexity index is 302. The molecule has 0 bridgehead atoms. The number of esters is 1. The molecular formula is C7H10N2O2S. The van der Waals surface area contributed by atoms with E-state index in [1.165, 1.54) is 18.4 Å². The van der Waals surface area contributed by atoms with Crippen molar-refractivity contribution in [2.75, 3.05) is 12.4 Å². The number of ether oxygens (including phenoxy) is 1. The summed E-state index contributed by atoms with van der Waals surface area (Å²) in [6, 6.07) is -0.435. The van der Waals surface area contributed by atoms with E-state index in [1.807, 2.05) is 0 Å². The highest BCUT2D eigenvalue weighted by atomic mass is 32.1. The van der Waals surface area contributed by atoms with Gasteiger partial charge in [0.15, 0.2) is 5.13 Å². The minimum atomic E-state index is -0.435. The molecule has 0 aliphatic rings. The molecule has 12 heavy (non-hydrogen) atoms. The van der Waals surface area contributed by atoms with Crippen LogP contribution in [0.25, 0.3) is 0 Å². The van der Waals surface area contributed by atoms with Crippen LogP contribution in [0, 0.1) is 0 Å². The maximum Gasteiger partial charge on any atom is 0.328 e. The van der Waals surface area contributed by atoms with Gasteiger partial charge < -0.3 is 10.1 Å². The average molecular weight is 187 g/mol. The first kappa shape index (κ1) is 7.54. The van der Waals surface area contributed by atoms with Gasteiger partial charge >= 0.3 is 5.97 Å². The molecule has 1 heterocycles. The van der Waals surface area contributed by atoms with Crippen LogP contribution < -0.4 is 5.32 Å². The topological polar surface area (TPSA) is 51.2 Å². The number of hydrogen-bond donors (Lipinski definition) is 1. The minimum Gasteiger partial charge on any atom is -0.467 e. The standard InChI is InChI=1S/C7H10N2O2S/c1-5(6(10)11-2)9-7-8-3-4-12-7/h3-5H,1-2H3,(H,8,9)/t5-/m0/s1/i3D. The summed E-state index contributed by atoms with van der Waals surface area (Å²) in [6.07, 6.45) is 0.199. The van der Waals surface area contributed by atoms with Crippen LogP contribution >= 0.6 is 11.3 Å². The summed E-state index contributed by atoms with van der Waals surface area (Å²) in [7, 11) is 1.33. The van der Waals surface area contributed by atoms with E-state index in [2.05, 4.69) is 15.0 Å². The van der Waals surface area contributed by atoms with Crippen molar-refractivity contribution < 1.29 is 10.9 Å². The van der Waals surface area contributed by atoms with Gasteiger partial charge in [0.2, 0.25) is 0 Å². The normalized spacial score (nSPS) is 13.3. The highest BCUT2D eigenvalue weighted by Crippen LogP contribution is 2.11. The Morgan fingerprint density at radius 2 is 2.75 bits per heavy atom. The number of aromatic nitrogens is 1. The summed E-state index contributed by atoms with van der Waals surface area (Å²) in [5.41, 5.74) is 0. The average Bonchev–Trinajstić information content (AvgIpc) is 2.49. The Hall–Kier alpha value is -1.10. The lowest BCUT2D eigenvalue weighted by molar-refractivity contribution is -0.141. The smallest absolute Gasteiger partial charge is 0.328 e. The molecule has 1 rings (SSSR count). The van der Waals surface area contributed by atoms with Gasteiger partial charge in [-0.05, 0) is 6.92 Å². The summed E-state index contributed by atoms with van der Waals surface area (Å²) < 4.78 is 11.7. The van der Waals surface area contributed by atoms with E-state index < -0.39 is 6.04 Å². The fourth-order valence-electron chi connectivity index (χ4n) is 0.681. The molecule has 0 spiro atoms. The number of nitrogens with one attached hydrogen (secondary N) is 1. The third-order valence-corrected chi connectivity index (χ3v) is 1.94. The predicted molar refractivity (Wildman–Crippen MR) is 47.2 cm³/mol. The number of nitrogens with zero attached hydrogens (tertiary/aromatic N) is 1. The molecule has 0 aliphatic heterocycles. The van der Waals surface area contributed by atoms with Crippen molar-refractivity contribution in [2.45, 2.75) is 13.0 Å². The molecular weight excluding hydrogens is 176 g/mol. The number of hydrogen-bond acceptors (Lipinski definition) is 5. The van der Waals surface area contributed by atoms with Crippen molar-refractivity contribution >= 4 is 22.4 Å². The molecule has 66 valence electrons. The van der Waals surface area contributed by atoms with Crippen LogP contribution in [0.5, 0.6) is 0 Å². The van der Waals surface area contributed by atoms with Crippen molar-refractivity contribution in [3.05, 3.63) is 11.6 Å². The molecule has 0 aliphatic carbocycles. The Balaban J connectivity index is 2.54. The minimum absolute atomic E-state index is 0.199. The number of thiazole rings is 1. The first-order valence-electron chi connectivity index (χ1n) is 3.90. The van der Waals surface area contributed by atoms with Gasteiger partial charge in [0.1, 0.15) is 6.04 Å². The molecule has 0 fully saturated rings. The van der Waals surface area contributed by atoms with E-state index >= 15 is 0 Å². The highest BCUT2D eigenvalue weighted by Gasteiger charge is 2.12. The first-order valence-corrected chi connectivity index (χ1v) is 4.28. The van der Waals surface area contributed by atoms with Crippen molar-refractivity contribution in [2.24, 2.45) is 0 Å². The van der Waals surface area contributed by atoms with Gasteiger partial charge in [-0.15, -0.1) is 11.3 Å². The largest absolute Gasteiger partial charge is 0.467 e. The summed E-state index contributed by atoms with van der Waals surface area (Å²) in [6.45, 7) is 1.68. The summed E-state index contributed by atoms with van der Waals surface area (Å²) in [4.78, 5) is 14.8. The summed E-state index contributed by atoms with van der Waals surface area (Å²) in [5, 5.41) is 4.97. The van der Waals surface area contributed by atoms with Gasteiger partial charge in [0.05, 0.1) is 8.48 Å². The van der Waals surface area contributed by atoms with Gasteiger partial charge in [0.25, 0.3) is 0 Å². The molecule has 0 saturated carbocycles. The zero-order valence-electron chi connectivity index (χ0n) is 7.83. The Morgan fingerprint density at radius 3 is 3.25 bits per heavy atom. The quantitative estimate of drug-likeness (QED) is 0.720. The third-order valence-electron chi connectivity index (χ3n) is 1.28. The molecule has 5 heteroatoms. The lowest BCUT2D eigenvalue weighted by Crippen LogP contribution is -2.26. The monoisotopic (exact) mass is 187 g/mol. The van der Waals surface area contributed by atoms with Gasteiger partial charge in [-0.3, -0.25) is 0 Å². The number of carbonyl (C=O) groups excluding carboxylic acids is 1. The van der Waals surface area contributed by atoms with Crippen molar-refractivity contribution in [1.82, 2.24) is 4.98 Å². The fourth-order valence-corrected chi connectivity index (χ4v) is 1.25. The summed E-state index contributed by atoms with van der Waals surface area (Å²) in [5.74, 6) is -0.346. The molecule has 0 amide bonds. The second-order valence-corrected chi connectivity index (χ2v) is 3.03. The van der Waals surface area contributed by atoms with E-state index in [-0.39, 0.29) is 12.1 Å². The molecule has 0 unspecified atom stereocenters. The molecule has 1 N–H and O–H groups in total. The van der Waals surface area contributed by atoms with Gasteiger partial charge in [0, 0.05) is 11.6 Å². The maximum atomic E-state index is 11.0. The third kappa shape index (κ3) is 2.20. The van der Waals surface area contributed by atoms with Crippen molar-refractivity contribution in [3.8, 4) is 0 Å². The van der Waals surface area contributed by atoms with Gasteiger partial charge in [-0.1, -0.05) is 0 Å². The number of anilines is 1. The SMILES string of the molecule is [2H]c1csc(N[C@@H](C)C(=O)OC)n1. The molecule has 0 radical (unpaired) electrons. The van der Waals surface area contributed by atoms with Crippen LogP contribution in [-0.2, 0) is 9.53 Å². The molecule has 4 nitrogen and oxygen atoms in total. The van der Waals surface area contributed by atoms with Gasteiger partial charge in [-0.25, -0.2) is 9.78 Å². The van der Waals surface area contributed by atoms with Crippen molar-refractivity contribution in [3.63, 3.8) is 0 Å². The van der Waals surface area contributed by atoms with E-state index in [9.17, 15) is 4.79 Å². The molecule has 1 aromatic rings. The van der Waals surface area contributed by atoms with Crippen LogP contribution in [-0.4, -0.2) is 24.1 Å². The molecule has 0 aromatic carbocycles. The number of methoxy groups -OCH3 is 1. The fraction of sp³-hybridized carbons (Fsp3) is 0.429. The lowest BCUT2D eigenvalue weighted by atomic mass is 10.3. The van der Waals surface area contributed by atoms with E-state index in [0.717, 1.165) is 0 Å². The highest BCUT2D eigenvalue weighted by molar-refractivity contribution is 7.13. The first-order chi connectivity index (χ1) is 6.13. The number of carbonyl (C=O) groups is 1. The molecule has 1 aromatic heterocycles. The van der Waals surface area contributed by atoms with Crippen LogP contribution in [0.1, 0.15) is 8.29 Å². The van der Waals surface area contributed by atoms with Crippen LogP contribution in [0.4, 0.5) is 5.13 Å². The molecule has 1 atom stereocenters. The Morgan fingerprint density at radius 1 is 2.00 bits per heavy atom. The number of rotatable bonds is 3. The molecule has 0 saturated heterocycles. The lowest BCUT2D eigenvalue weighted by Gasteiger charge is -2.09. The zero-order valence-corrected chi connectivity index (χ0v) is 7.64.